The minimum atomic E-state index is -0.00874. The van der Waals surface area contributed by atoms with Crippen LogP contribution in [0.25, 0.3) is 0 Å². The second kappa shape index (κ2) is 3.58. The van der Waals surface area contributed by atoms with Crippen molar-refractivity contribution in [3.8, 4) is 0 Å². The minimum absolute atomic E-state index is 0.00874. The quantitative estimate of drug-likeness (QED) is 0.621. The molecule has 0 radical (unpaired) electrons. The van der Waals surface area contributed by atoms with Crippen molar-refractivity contribution in [1.29, 1.82) is 0 Å². The van der Waals surface area contributed by atoms with Gasteiger partial charge in [0.05, 0.1) is 6.10 Å². The minimum Gasteiger partial charge on any atom is -0.393 e. The first kappa shape index (κ1) is 8.27. The van der Waals surface area contributed by atoms with Gasteiger partial charge in [0.2, 0.25) is 0 Å². The van der Waals surface area contributed by atoms with Crippen molar-refractivity contribution in [3.05, 3.63) is 12.2 Å². The van der Waals surface area contributed by atoms with Crippen LogP contribution in [0.5, 0.6) is 0 Å². The maximum absolute atomic E-state index is 9.34. The lowest BCUT2D eigenvalue weighted by molar-refractivity contribution is 0.172. The Bertz CT molecular complexity index is 171. The Morgan fingerprint density at radius 2 is 2.00 bits per heavy atom. The molecule has 1 fully saturated rings. The first-order valence-electron chi connectivity index (χ1n) is 4.90. The molecule has 0 aromatic carbocycles. The largest absolute Gasteiger partial charge is 0.393 e. The molecule has 1 aliphatic carbocycles. The molecule has 1 heterocycles. The summed E-state index contributed by atoms with van der Waals surface area (Å²) >= 11 is 0. The number of hydrogen-bond donors (Lipinski definition) is 1. The lowest BCUT2D eigenvalue weighted by atomic mass is 10.1. The van der Waals surface area contributed by atoms with Crippen LogP contribution in [0.2, 0.25) is 0 Å². The molecule has 0 spiro atoms. The predicted octanol–water partition coefficient (Wildman–Crippen LogP) is 1.02. The number of aliphatic hydroxyl groups is 1. The molecule has 1 N–H and O–H groups in total. The van der Waals surface area contributed by atoms with Gasteiger partial charge in [0.25, 0.3) is 0 Å². The van der Waals surface area contributed by atoms with Gasteiger partial charge in [-0.15, -0.1) is 0 Å². The van der Waals surface area contributed by atoms with Crippen molar-refractivity contribution in [1.82, 2.24) is 4.90 Å². The standard InChI is InChI=1S/C10H17NO/c12-10-4-3-9(7-10)8-11-5-1-2-6-11/h1-2,9-10,12H,3-8H2. The Balaban J connectivity index is 1.73. The highest BCUT2D eigenvalue weighted by molar-refractivity contribution is 4.96. The van der Waals surface area contributed by atoms with Crippen LogP contribution in [0.3, 0.4) is 0 Å². The summed E-state index contributed by atoms with van der Waals surface area (Å²) in [5.41, 5.74) is 0. The van der Waals surface area contributed by atoms with Gasteiger partial charge in [-0.3, -0.25) is 4.90 Å². The zero-order valence-corrected chi connectivity index (χ0v) is 7.45. The van der Waals surface area contributed by atoms with Gasteiger partial charge in [-0.25, -0.2) is 0 Å². The average Bonchev–Trinajstić information content (AvgIpc) is 2.63. The van der Waals surface area contributed by atoms with E-state index in [0.717, 1.165) is 31.8 Å². The smallest absolute Gasteiger partial charge is 0.0543 e. The van der Waals surface area contributed by atoms with E-state index in [9.17, 15) is 5.11 Å². The van der Waals surface area contributed by atoms with E-state index in [4.69, 9.17) is 0 Å². The van der Waals surface area contributed by atoms with E-state index in [1.807, 2.05) is 0 Å². The van der Waals surface area contributed by atoms with E-state index in [2.05, 4.69) is 17.1 Å². The molecule has 2 unspecified atom stereocenters. The fourth-order valence-corrected chi connectivity index (χ4v) is 2.25. The molecule has 2 aliphatic rings. The summed E-state index contributed by atoms with van der Waals surface area (Å²) in [6, 6.07) is 0. The Morgan fingerprint density at radius 3 is 2.58 bits per heavy atom. The molecule has 68 valence electrons. The van der Waals surface area contributed by atoms with E-state index >= 15 is 0 Å². The third kappa shape index (κ3) is 1.87. The molecule has 2 atom stereocenters. The van der Waals surface area contributed by atoms with Gasteiger partial charge in [0, 0.05) is 19.6 Å². The van der Waals surface area contributed by atoms with Crippen LogP contribution < -0.4 is 0 Å². The number of rotatable bonds is 2. The molecular formula is C10H17NO. The van der Waals surface area contributed by atoms with Crippen molar-refractivity contribution in [3.63, 3.8) is 0 Å². The molecule has 0 saturated heterocycles. The van der Waals surface area contributed by atoms with Crippen molar-refractivity contribution in [2.45, 2.75) is 25.4 Å². The van der Waals surface area contributed by atoms with Crippen molar-refractivity contribution in [2.24, 2.45) is 5.92 Å². The highest BCUT2D eigenvalue weighted by Crippen LogP contribution is 2.26. The zero-order chi connectivity index (χ0) is 8.39. The summed E-state index contributed by atoms with van der Waals surface area (Å²) in [4.78, 5) is 2.45. The van der Waals surface area contributed by atoms with Crippen LogP contribution in [0, 0.1) is 5.92 Å². The zero-order valence-electron chi connectivity index (χ0n) is 7.45. The maximum Gasteiger partial charge on any atom is 0.0543 e. The molecule has 1 saturated carbocycles. The molecule has 0 bridgehead atoms. The number of aliphatic hydroxyl groups excluding tert-OH is 1. The molecule has 2 nitrogen and oxygen atoms in total. The topological polar surface area (TPSA) is 23.5 Å². The molecule has 2 heteroatoms. The van der Waals surface area contributed by atoms with Gasteiger partial charge in [-0.1, -0.05) is 12.2 Å². The number of nitrogens with zero attached hydrogens (tertiary/aromatic N) is 1. The maximum atomic E-state index is 9.34. The van der Waals surface area contributed by atoms with E-state index in [1.54, 1.807) is 0 Å². The van der Waals surface area contributed by atoms with Gasteiger partial charge >= 0.3 is 0 Å². The normalized spacial score (nSPS) is 36.4. The summed E-state index contributed by atoms with van der Waals surface area (Å²) < 4.78 is 0. The first-order chi connectivity index (χ1) is 5.84. The second-order valence-corrected chi connectivity index (χ2v) is 4.02. The summed E-state index contributed by atoms with van der Waals surface area (Å²) in [5.74, 6) is 0.750. The fourth-order valence-electron chi connectivity index (χ4n) is 2.25. The van der Waals surface area contributed by atoms with Gasteiger partial charge in [-0.2, -0.15) is 0 Å². The lowest BCUT2D eigenvalue weighted by Gasteiger charge is -2.19. The van der Waals surface area contributed by atoms with Gasteiger partial charge in [0.1, 0.15) is 0 Å². The highest BCUT2D eigenvalue weighted by atomic mass is 16.3. The van der Waals surface area contributed by atoms with Gasteiger partial charge in [0.15, 0.2) is 0 Å². The molecular weight excluding hydrogens is 150 g/mol. The Labute approximate surface area is 73.9 Å². The van der Waals surface area contributed by atoms with Crippen molar-refractivity contribution < 1.29 is 5.11 Å². The van der Waals surface area contributed by atoms with Crippen LogP contribution >= 0.6 is 0 Å². The monoisotopic (exact) mass is 167 g/mol. The van der Waals surface area contributed by atoms with Crippen LogP contribution in [0.4, 0.5) is 0 Å². The molecule has 0 aromatic heterocycles. The van der Waals surface area contributed by atoms with Crippen LogP contribution in [-0.2, 0) is 0 Å². The Hall–Kier alpha value is -0.340. The highest BCUT2D eigenvalue weighted by Gasteiger charge is 2.24. The summed E-state index contributed by atoms with van der Waals surface area (Å²) in [5, 5.41) is 9.34. The molecule has 0 aromatic rings. The van der Waals surface area contributed by atoms with E-state index in [1.165, 1.54) is 13.0 Å². The van der Waals surface area contributed by atoms with Crippen molar-refractivity contribution in [2.75, 3.05) is 19.6 Å². The Morgan fingerprint density at radius 1 is 1.25 bits per heavy atom. The third-order valence-corrected chi connectivity index (χ3v) is 2.92. The van der Waals surface area contributed by atoms with Crippen LogP contribution in [0.1, 0.15) is 19.3 Å². The molecule has 1 aliphatic heterocycles. The van der Waals surface area contributed by atoms with E-state index in [-0.39, 0.29) is 6.10 Å². The lowest BCUT2D eigenvalue weighted by Crippen LogP contribution is -2.26. The van der Waals surface area contributed by atoms with Gasteiger partial charge < -0.3 is 5.11 Å². The summed E-state index contributed by atoms with van der Waals surface area (Å²) in [7, 11) is 0. The average molecular weight is 167 g/mol. The van der Waals surface area contributed by atoms with E-state index in [0.29, 0.717) is 0 Å². The number of hydrogen-bond acceptors (Lipinski definition) is 2. The molecule has 0 amide bonds. The van der Waals surface area contributed by atoms with E-state index < -0.39 is 0 Å². The first-order valence-corrected chi connectivity index (χ1v) is 4.90. The fraction of sp³-hybridized carbons (Fsp3) is 0.800. The predicted molar refractivity (Wildman–Crippen MR) is 48.9 cm³/mol. The summed E-state index contributed by atoms with van der Waals surface area (Å²) in [6.45, 7) is 3.42. The van der Waals surface area contributed by atoms with Gasteiger partial charge in [-0.05, 0) is 25.2 Å². The molecule has 12 heavy (non-hydrogen) atoms. The van der Waals surface area contributed by atoms with Crippen LogP contribution in [-0.4, -0.2) is 35.7 Å². The molecule has 2 rings (SSSR count). The van der Waals surface area contributed by atoms with Crippen LogP contribution in [0.15, 0.2) is 12.2 Å². The Kier molecular flexibility index (Phi) is 2.47. The summed E-state index contributed by atoms with van der Waals surface area (Å²) in [6.07, 6.45) is 7.71. The third-order valence-electron chi connectivity index (χ3n) is 2.92. The van der Waals surface area contributed by atoms with Crippen molar-refractivity contribution >= 4 is 0 Å². The SMILES string of the molecule is OC1CCC(CN2CC=CC2)C1. The second-order valence-electron chi connectivity index (χ2n) is 4.02.